The van der Waals surface area contributed by atoms with Gasteiger partial charge in [0.05, 0.1) is 18.0 Å². The molecule has 0 radical (unpaired) electrons. The van der Waals surface area contributed by atoms with E-state index < -0.39 is 16.1 Å². The van der Waals surface area contributed by atoms with Crippen LogP contribution in [0.15, 0.2) is 54.6 Å². The molecule has 3 rings (SSSR count). The molecule has 8 heteroatoms. The van der Waals surface area contributed by atoms with E-state index in [4.69, 9.17) is 0 Å². The second-order valence-corrected chi connectivity index (χ2v) is 9.01. The Morgan fingerprint density at radius 1 is 1.13 bits per heavy atom. The number of hydrogen-bond acceptors (Lipinski definition) is 4. The molecule has 1 fully saturated rings. The van der Waals surface area contributed by atoms with E-state index in [2.05, 4.69) is 10.0 Å². The molecular formula is C22H25N3O4S. The Bertz CT molecular complexity index is 1060. The van der Waals surface area contributed by atoms with Gasteiger partial charge in [-0.2, -0.15) is 0 Å². The van der Waals surface area contributed by atoms with Crippen molar-refractivity contribution in [3.05, 3.63) is 65.7 Å². The van der Waals surface area contributed by atoms with Gasteiger partial charge in [0.25, 0.3) is 0 Å². The van der Waals surface area contributed by atoms with E-state index in [9.17, 15) is 18.0 Å². The summed E-state index contributed by atoms with van der Waals surface area (Å²) in [5.74, 6) is -0.159. The number of benzene rings is 2. The average molecular weight is 428 g/mol. The monoisotopic (exact) mass is 427 g/mol. The van der Waals surface area contributed by atoms with E-state index in [0.29, 0.717) is 17.7 Å². The molecule has 2 N–H and O–H groups in total. The van der Waals surface area contributed by atoms with Gasteiger partial charge in [-0.15, -0.1) is 0 Å². The van der Waals surface area contributed by atoms with Crippen LogP contribution in [0.3, 0.4) is 0 Å². The Kier molecular flexibility index (Phi) is 6.56. The van der Waals surface area contributed by atoms with E-state index in [1.54, 1.807) is 42.2 Å². The van der Waals surface area contributed by atoms with E-state index in [0.717, 1.165) is 30.5 Å². The number of amides is 2. The molecule has 0 bridgehead atoms. The first-order valence-electron chi connectivity index (χ1n) is 9.69. The fourth-order valence-corrected chi connectivity index (χ4v) is 3.95. The normalized spacial score (nSPS) is 15.4. The lowest BCUT2D eigenvalue weighted by Gasteiger charge is -2.17. The fourth-order valence-electron chi connectivity index (χ4n) is 3.36. The van der Waals surface area contributed by atoms with Crippen LogP contribution in [-0.2, 0) is 19.6 Å². The highest BCUT2D eigenvalue weighted by Crippen LogP contribution is 2.24. The second-order valence-electron chi connectivity index (χ2n) is 7.27. The highest BCUT2D eigenvalue weighted by molar-refractivity contribution is 7.92. The summed E-state index contributed by atoms with van der Waals surface area (Å²) in [6.45, 7) is 2.53. The summed E-state index contributed by atoms with van der Waals surface area (Å²) in [5, 5.41) is 2.84. The Morgan fingerprint density at radius 3 is 2.47 bits per heavy atom. The molecule has 0 saturated carbocycles. The first-order chi connectivity index (χ1) is 14.2. The van der Waals surface area contributed by atoms with Crippen molar-refractivity contribution < 1.29 is 18.0 Å². The number of hydrogen-bond donors (Lipinski definition) is 2. The quantitative estimate of drug-likeness (QED) is 0.664. The summed E-state index contributed by atoms with van der Waals surface area (Å²) in [5.41, 5.74) is 2.81. The lowest BCUT2D eigenvalue weighted by atomic mass is 10.1. The summed E-state index contributed by atoms with van der Waals surface area (Å²) in [7, 11) is -3.42. The van der Waals surface area contributed by atoms with Crippen LogP contribution in [0.1, 0.15) is 36.9 Å². The van der Waals surface area contributed by atoms with Crippen molar-refractivity contribution in [3.8, 4) is 0 Å². The van der Waals surface area contributed by atoms with E-state index in [1.165, 1.54) is 6.08 Å². The Balaban J connectivity index is 1.63. The van der Waals surface area contributed by atoms with Gasteiger partial charge in [-0.25, -0.2) is 8.42 Å². The summed E-state index contributed by atoms with van der Waals surface area (Å²) >= 11 is 0. The zero-order chi connectivity index (χ0) is 21.7. The van der Waals surface area contributed by atoms with Crippen LogP contribution in [0, 0.1) is 0 Å². The van der Waals surface area contributed by atoms with Crippen molar-refractivity contribution in [2.45, 2.75) is 25.8 Å². The SMILES string of the molecule is CC(NC(=O)/C=C/c1ccc(N2CCCC2=O)cc1)c1ccccc1NS(C)(=O)=O. The van der Waals surface area contributed by atoms with E-state index >= 15 is 0 Å². The van der Waals surface area contributed by atoms with Crippen molar-refractivity contribution >= 4 is 39.3 Å². The zero-order valence-electron chi connectivity index (χ0n) is 17.0. The lowest BCUT2D eigenvalue weighted by Crippen LogP contribution is -2.25. The minimum atomic E-state index is -3.42. The highest BCUT2D eigenvalue weighted by atomic mass is 32.2. The van der Waals surface area contributed by atoms with Gasteiger partial charge in [-0.3, -0.25) is 14.3 Å². The summed E-state index contributed by atoms with van der Waals surface area (Å²) < 4.78 is 25.6. The number of anilines is 2. The number of nitrogens with one attached hydrogen (secondary N) is 2. The van der Waals surface area contributed by atoms with Gasteiger partial charge in [-0.1, -0.05) is 30.3 Å². The van der Waals surface area contributed by atoms with Gasteiger partial charge < -0.3 is 10.2 Å². The molecule has 7 nitrogen and oxygen atoms in total. The van der Waals surface area contributed by atoms with Crippen molar-refractivity contribution in [3.63, 3.8) is 0 Å². The van der Waals surface area contributed by atoms with Crippen LogP contribution < -0.4 is 14.9 Å². The molecule has 1 heterocycles. The van der Waals surface area contributed by atoms with Crippen LogP contribution in [0.25, 0.3) is 6.08 Å². The predicted octanol–water partition coefficient (Wildman–Crippen LogP) is 3.08. The molecule has 2 aromatic carbocycles. The maximum Gasteiger partial charge on any atom is 0.244 e. The molecule has 2 amide bonds. The van der Waals surface area contributed by atoms with E-state index in [1.807, 2.05) is 24.3 Å². The second kappa shape index (κ2) is 9.13. The predicted molar refractivity (Wildman–Crippen MR) is 119 cm³/mol. The summed E-state index contributed by atoms with van der Waals surface area (Å²) in [6.07, 6.45) is 5.67. The van der Waals surface area contributed by atoms with Crippen molar-refractivity contribution in [2.24, 2.45) is 0 Å². The highest BCUT2D eigenvalue weighted by Gasteiger charge is 2.21. The first-order valence-corrected chi connectivity index (χ1v) is 11.6. The van der Waals surface area contributed by atoms with Crippen LogP contribution in [0.5, 0.6) is 0 Å². The number of carbonyl (C=O) groups excluding carboxylic acids is 2. The minimum absolute atomic E-state index is 0.136. The molecule has 1 aliphatic rings. The van der Waals surface area contributed by atoms with Crippen LogP contribution in [0.4, 0.5) is 11.4 Å². The number of para-hydroxylation sites is 1. The van der Waals surface area contributed by atoms with Gasteiger partial charge in [0.15, 0.2) is 0 Å². The van der Waals surface area contributed by atoms with Crippen molar-refractivity contribution in [1.29, 1.82) is 0 Å². The maximum atomic E-state index is 12.3. The largest absolute Gasteiger partial charge is 0.346 e. The summed E-state index contributed by atoms with van der Waals surface area (Å²) in [6, 6.07) is 14.0. The van der Waals surface area contributed by atoms with Crippen LogP contribution >= 0.6 is 0 Å². The molecule has 0 aliphatic carbocycles. The standard InChI is InChI=1S/C22H25N3O4S/c1-16(19-6-3-4-7-20(19)24-30(2,28)29)23-21(26)14-11-17-9-12-18(13-10-17)25-15-5-8-22(25)27/h3-4,6-7,9-14,16,24H,5,8,15H2,1-2H3,(H,23,26)/b14-11+. The lowest BCUT2D eigenvalue weighted by molar-refractivity contribution is -0.117. The van der Waals surface area contributed by atoms with Crippen molar-refractivity contribution in [1.82, 2.24) is 5.32 Å². The Morgan fingerprint density at radius 2 is 1.83 bits per heavy atom. The van der Waals surface area contributed by atoms with Crippen LogP contribution in [0.2, 0.25) is 0 Å². The molecule has 1 saturated heterocycles. The van der Waals surface area contributed by atoms with Gasteiger partial charge in [0.2, 0.25) is 21.8 Å². The first kappa shape index (κ1) is 21.6. The molecule has 2 aromatic rings. The Labute approximate surface area is 176 Å². The molecule has 1 aliphatic heterocycles. The van der Waals surface area contributed by atoms with Gasteiger partial charge in [-0.05, 0) is 48.7 Å². The van der Waals surface area contributed by atoms with E-state index in [-0.39, 0.29) is 11.8 Å². The third-order valence-corrected chi connectivity index (χ3v) is 5.38. The number of sulfonamides is 1. The average Bonchev–Trinajstić information content (AvgIpc) is 3.12. The van der Waals surface area contributed by atoms with Gasteiger partial charge in [0, 0.05) is 24.7 Å². The van der Waals surface area contributed by atoms with Gasteiger partial charge in [0.1, 0.15) is 0 Å². The van der Waals surface area contributed by atoms with Gasteiger partial charge >= 0.3 is 0 Å². The number of rotatable bonds is 7. The zero-order valence-corrected chi connectivity index (χ0v) is 17.8. The fraction of sp³-hybridized carbons (Fsp3) is 0.273. The molecule has 0 spiro atoms. The molecule has 0 aromatic heterocycles. The molecular weight excluding hydrogens is 402 g/mol. The minimum Gasteiger partial charge on any atom is -0.346 e. The molecule has 30 heavy (non-hydrogen) atoms. The molecule has 1 unspecified atom stereocenters. The van der Waals surface area contributed by atoms with Crippen LogP contribution in [-0.4, -0.2) is 33.0 Å². The van der Waals surface area contributed by atoms with Crippen molar-refractivity contribution in [2.75, 3.05) is 22.4 Å². The third-order valence-electron chi connectivity index (χ3n) is 4.79. The maximum absolute atomic E-state index is 12.3. The Hall–Kier alpha value is -3.13. The smallest absolute Gasteiger partial charge is 0.244 e. The topological polar surface area (TPSA) is 95.6 Å². The number of nitrogens with zero attached hydrogens (tertiary/aromatic N) is 1. The molecule has 158 valence electrons. The third kappa shape index (κ3) is 5.70. The summed E-state index contributed by atoms with van der Waals surface area (Å²) in [4.78, 5) is 25.9. The number of carbonyl (C=O) groups is 2. The molecule has 1 atom stereocenters.